The lowest BCUT2D eigenvalue weighted by Crippen LogP contribution is -2.34. The average Bonchev–Trinajstić information content (AvgIpc) is 3.29. The molecule has 3 nitrogen and oxygen atoms in total. The van der Waals surface area contributed by atoms with Gasteiger partial charge < -0.3 is 0 Å². The number of H-pyrrole nitrogens is 1. The van der Waals surface area contributed by atoms with Crippen molar-refractivity contribution in [3.05, 3.63) is 77.1 Å². The summed E-state index contributed by atoms with van der Waals surface area (Å²) in [6.45, 7) is 3.37. The van der Waals surface area contributed by atoms with E-state index in [0.717, 1.165) is 19.5 Å². The Labute approximate surface area is 148 Å². The van der Waals surface area contributed by atoms with Gasteiger partial charge in [0.2, 0.25) is 0 Å². The minimum Gasteiger partial charge on any atom is -0.298 e. The monoisotopic (exact) mass is 329 g/mol. The van der Waals surface area contributed by atoms with Crippen molar-refractivity contribution in [1.29, 1.82) is 0 Å². The fourth-order valence-corrected chi connectivity index (χ4v) is 4.50. The number of likely N-dealkylation sites (tertiary alicyclic amines) is 1. The SMILES string of the molecule is c1ccc2c(c1)Cc1cc(CN3CCCC(c4ccn[nH]4)C3)ccc1-2. The lowest BCUT2D eigenvalue weighted by molar-refractivity contribution is 0.198. The van der Waals surface area contributed by atoms with E-state index in [2.05, 4.69) is 63.6 Å². The van der Waals surface area contributed by atoms with Crippen LogP contribution in [-0.2, 0) is 13.0 Å². The quantitative estimate of drug-likeness (QED) is 0.605. The Kier molecular flexibility index (Phi) is 3.67. The van der Waals surface area contributed by atoms with E-state index in [-0.39, 0.29) is 0 Å². The number of piperidine rings is 1. The van der Waals surface area contributed by atoms with E-state index in [0.29, 0.717) is 5.92 Å². The van der Waals surface area contributed by atoms with Gasteiger partial charge in [-0.15, -0.1) is 0 Å². The van der Waals surface area contributed by atoms with E-state index in [9.17, 15) is 0 Å². The zero-order valence-electron chi connectivity index (χ0n) is 14.4. The minimum absolute atomic E-state index is 0.593. The van der Waals surface area contributed by atoms with Crippen LogP contribution in [0.5, 0.6) is 0 Å². The fourth-order valence-electron chi connectivity index (χ4n) is 4.50. The summed E-state index contributed by atoms with van der Waals surface area (Å²) in [5.41, 5.74) is 8.52. The fraction of sp³-hybridized carbons (Fsp3) is 0.318. The standard InChI is InChI=1S/C22H23N3/c1-2-6-20-17(4-1)13-19-12-16(7-8-21(19)20)14-25-11-3-5-18(15-25)22-9-10-23-24-22/h1-2,4,6-10,12,18H,3,5,11,13-15H2,(H,23,24). The van der Waals surface area contributed by atoms with Gasteiger partial charge in [-0.2, -0.15) is 5.10 Å². The predicted octanol–water partition coefficient (Wildman–Crippen LogP) is 4.36. The summed E-state index contributed by atoms with van der Waals surface area (Å²) in [5.74, 6) is 0.593. The van der Waals surface area contributed by atoms with Crippen molar-refractivity contribution < 1.29 is 0 Å². The first-order chi connectivity index (χ1) is 12.4. The summed E-state index contributed by atoms with van der Waals surface area (Å²) < 4.78 is 0. The number of fused-ring (bicyclic) bond motifs is 3. The van der Waals surface area contributed by atoms with E-state index in [4.69, 9.17) is 0 Å². The lowest BCUT2D eigenvalue weighted by atomic mass is 9.94. The highest BCUT2D eigenvalue weighted by atomic mass is 15.1. The number of benzene rings is 2. The molecule has 3 aromatic rings. The highest BCUT2D eigenvalue weighted by Crippen LogP contribution is 2.37. The summed E-state index contributed by atoms with van der Waals surface area (Å²) in [6.07, 6.45) is 5.47. The number of nitrogens with one attached hydrogen (secondary N) is 1. The van der Waals surface area contributed by atoms with Crippen LogP contribution >= 0.6 is 0 Å². The molecule has 0 amide bonds. The molecule has 126 valence electrons. The van der Waals surface area contributed by atoms with Gasteiger partial charge in [0, 0.05) is 30.9 Å². The van der Waals surface area contributed by atoms with E-state index >= 15 is 0 Å². The molecule has 0 bridgehead atoms. The average molecular weight is 329 g/mol. The Morgan fingerprint density at radius 2 is 1.96 bits per heavy atom. The first-order valence-electron chi connectivity index (χ1n) is 9.28. The number of hydrogen-bond acceptors (Lipinski definition) is 2. The number of hydrogen-bond donors (Lipinski definition) is 1. The summed E-state index contributed by atoms with van der Waals surface area (Å²) in [5, 5.41) is 7.28. The Balaban J connectivity index is 1.33. The molecular weight excluding hydrogens is 306 g/mol. The second-order valence-corrected chi connectivity index (χ2v) is 7.41. The largest absolute Gasteiger partial charge is 0.298 e. The predicted molar refractivity (Wildman–Crippen MR) is 101 cm³/mol. The van der Waals surface area contributed by atoms with Crippen LogP contribution in [-0.4, -0.2) is 28.2 Å². The van der Waals surface area contributed by atoms with Crippen LogP contribution in [0.2, 0.25) is 0 Å². The molecule has 5 rings (SSSR count). The molecule has 0 spiro atoms. The maximum atomic E-state index is 4.12. The maximum Gasteiger partial charge on any atom is 0.0490 e. The molecule has 1 unspecified atom stereocenters. The number of aromatic nitrogens is 2. The van der Waals surface area contributed by atoms with Crippen molar-refractivity contribution >= 4 is 0 Å². The van der Waals surface area contributed by atoms with Crippen LogP contribution in [0.3, 0.4) is 0 Å². The number of rotatable bonds is 3. The molecule has 2 heterocycles. The molecule has 2 aliphatic rings. The van der Waals surface area contributed by atoms with Crippen LogP contribution in [0.4, 0.5) is 0 Å². The van der Waals surface area contributed by atoms with Gasteiger partial charge in [-0.25, -0.2) is 0 Å². The van der Waals surface area contributed by atoms with Crippen molar-refractivity contribution in [3.8, 4) is 11.1 Å². The molecule has 1 aliphatic heterocycles. The molecule has 2 aromatic carbocycles. The lowest BCUT2D eigenvalue weighted by Gasteiger charge is -2.32. The molecule has 0 saturated carbocycles. The number of aromatic amines is 1. The Morgan fingerprint density at radius 3 is 2.88 bits per heavy atom. The van der Waals surface area contributed by atoms with Crippen LogP contribution in [0, 0.1) is 0 Å². The van der Waals surface area contributed by atoms with E-state index in [1.54, 1.807) is 0 Å². The van der Waals surface area contributed by atoms with Crippen LogP contribution < -0.4 is 0 Å². The van der Waals surface area contributed by atoms with Crippen molar-refractivity contribution in [1.82, 2.24) is 15.1 Å². The van der Waals surface area contributed by atoms with E-state index in [1.165, 1.54) is 52.9 Å². The topological polar surface area (TPSA) is 31.9 Å². The zero-order chi connectivity index (χ0) is 16.6. The first kappa shape index (κ1) is 14.9. The summed E-state index contributed by atoms with van der Waals surface area (Å²) in [4.78, 5) is 2.60. The third-order valence-corrected chi connectivity index (χ3v) is 5.73. The van der Waals surface area contributed by atoms with Crippen molar-refractivity contribution in [2.24, 2.45) is 0 Å². The molecule has 1 atom stereocenters. The Bertz CT molecular complexity index is 882. The molecule has 3 heteroatoms. The van der Waals surface area contributed by atoms with Crippen molar-refractivity contribution in [3.63, 3.8) is 0 Å². The van der Waals surface area contributed by atoms with Crippen molar-refractivity contribution in [2.45, 2.75) is 31.7 Å². The zero-order valence-corrected chi connectivity index (χ0v) is 14.4. The molecule has 0 radical (unpaired) electrons. The van der Waals surface area contributed by atoms with Gasteiger partial charge in [-0.05, 0) is 59.7 Å². The van der Waals surface area contributed by atoms with Gasteiger partial charge in [0.25, 0.3) is 0 Å². The van der Waals surface area contributed by atoms with Crippen LogP contribution in [0.1, 0.15) is 41.1 Å². The van der Waals surface area contributed by atoms with Gasteiger partial charge >= 0.3 is 0 Å². The second-order valence-electron chi connectivity index (χ2n) is 7.41. The van der Waals surface area contributed by atoms with Gasteiger partial charge in [0.1, 0.15) is 0 Å². The molecule has 1 N–H and O–H groups in total. The third kappa shape index (κ3) is 2.79. The third-order valence-electron chi connectivity index (χ3n) is 5.73. The normalized spacial score (nSPS) is 19.6. The van der Waals surface area contributed by atoms with Crippen LogP contribution in [0.25, 0.3) is 11.1 Å². The summed E-state index contributed by atoms with van der Waals surface area (Å²) in [6, 6.07) is 18.0. The smallest absolute Gasteiger partial charge is 0.0490 e. The summed E-state index contributed by atoms with van der Waals surface area (Å²) in [7, 11) is 0. The van der Waals surface area contributed by atoms with E-state index in [1.807, 2.05) is 6.20 Å². The highest BCUT2D eigenvalue weighted by molar-refractivity contribution is 5.76. The Morgan fingerprint density at radius 1 is 1.04 bits per heavy atom. The molecule has 1 aromatic heterocycles. The Hall–Kier alpha value is -2.39. The first-order valence-corrected chi connectivity index (χ1v) is 9.28. The molecule has 1 fully saturated rings. The van der Waals surface area contributed by atoms with Crippen molar-refractivity contribution in [2.75, 3.05) is 13.1 Å². The van der Waals surface area contributed by atoms with Crippen LogP contribution in [0.15, 0.2) is 54.7 Å². The van der Waals surface area contributed by atoms with Gasteiger partial charge in [0.15, 0.2) is 0 Å². The molecular formula is C22H23N3. The maximum absolute atomic E-state index is 4.12. The second kappa shape index (κ2) is 6.16. The highest BCUT2D eigenvalue weighted by Gasteiger charge is 2.23. The molecule has 25 heavy (non-hydrogen) atoms. The van der Waals surface area contributed by atoms with Gasteiger partial charge in [-0.1, -0.05) is 42.5 Å². The van der Waals surface area contributed by atoms with Gasteiger partial charge in [0.05, 0.1) is 0 Å². The molecule has 1 saturated heterocycles. The number of nitrogens with zero attached hydrogens (tertiary/aromatic N) is 2. The molecule has 1 aliphatic carbocycles. The minimum atomic E-state index is 0.593. The van der Waals surface area contributed by atoms with Gasteiger partial charge in [-0.3, -0.25) is 10.00 Å². The van der Waals surface area contributed by atoms with E-state index < -0.39 is 0 Å². The summed E-state index contributed by atoms with van der Waals surface area (Å²) >= 11 is 0.